The highest BCUT2D eigenvalue weighted by atomic mass is 16.5. The number of rotatable bonds is 8. The number of carbonyl (C=O) groups is 1. The fraction of sp³-hybridized carbons (Fsp3) is 0.562. The van der Waals surface area contributed by atoms with E-state index in [-0.39, 0.29) is 19.1 Å². The number of nitrogens with zero attached hydrogens (tertiary/aromatic N) is 1. The lowest BCUT2D eigenvalue weighted by atomic mass is 9.98. The second-order valence-corrected chi connectivity index (χ2v) is 4.83. The average Bonchev–Trinajstić information content (AvgIpc) is 2.49. The summed E-state index contributed by atoms with van der Waals surface area (Å²) in [5.74, 6) is 1.08. The smallest absolute Gasteiger partial charge is 0.260 e. The molecule has 0 fully saturated rings. The molecule has 4 nitrogen and oxygen atoms in total. The predicted octanol–water partition coefficient (Wildman–Crippen LogP) is 2.42. The van der Waals surface area contributed by atoms with E-state index in [1.807, 2.05) is 31.2 Å². The Hall–Kier alpha value is -1.55. The summed E-state index contributed by atoms with van der Waals surface area (Å²) < 4.78 is 5.68. The van der Waals surface area contributed by atoms with Crippen molar-refractivity contribution in [1.82, 2.24) is 4.90 Å². The van der Waals surface area contributed by atoms with Gasteiger partial charge in [0, 0.05) is 13.1 Å². The van der Waals surface area contributed by atoms with Crippen LogP contribution in [0.25, 0.3) is 0 Å². The van der Waals surface area contributed by atoms with E-state index < -0.39 is 0 Å². The zero-order chi connectivity index (χ0) is 15.0. The lowest BCUT2D eigenvalue weighted by Crippen LogP contribution is -2.36. The fourth-order valence-corrected chi connectivity index (χ4v) is 2.05. The molecular weight excluding hydrogens is 254 g/mol. The Morgan fingerprint density at radius 3 is 2.65 bits per heavy atom. The molecule has 112 valence electrons. The van der Waals surface area contributed by atoms with Gasteiger partial charge in [-0.1, -0.05) is 32.0 Å². The first-order valence-corrected chi connectivity index (χ1v) is 7.24. The van der Waals surface area contributed by atoms with Crippen molar-refractivity contribution in [2.75, 3.05) is 26.3 Å². The van der Waals surface area contributed by atoms with Crippen LogP contribution in [-0.2, 0) is 4.79 Å². The Morgan fingerprint density at radius 1 is 1.35 bits per heavy atom. The van der Waals surface area contributed by atoms with Gasteiger partial charge in [0.25, 0.3) is 5.91 Å². The highest BCUT2D eigenvalue weighted by Gasteiger charge is 2.14. The van der Waals surface area contributed by atoms with E-state index >= 15 is 0 Å². The monoisotopic (exact) mass is 279 g/mol. The van der Waals surface area contributed by atoms with Crippen LogP contribution in [0, 0.1) is 0 Å². The van der Waals surface area contributed by atoms with Gasteiger partial charge in [-0.3, -0.25) is 4.79 Å². The molecule has 4 heteroatoms. The van der Waals surface area contributed by atoms with Gasteiger partial charge in [-0.05, 0) is 30.9 Å². The quantitative estimate of drug-likeness (QED) is 0.795. The first kappa shape index (κ1) is 16.5. The zero-order valence-electron chi connectivity index (χ0n) is 12.6. The summed E-state index contributed by atoms with van der Waals surface area (Å²) in [6.45, 7) is 7.09. The molecule has 1 N–H and O–H groups in total. The zero-order valence-corrected chi connectivity index (χ0v) is 12.6. The number of aliphatic hydroxyl groups is 1. The summed E-state index contributed by atoms with van der Waals surface area (Å²) in [4.78, 5) is 13.6. The number of aliphatic hydroxyl groups excluding tert-OH is 1. The Morgan fingerprint density at radius 2 is 2.05 bits per heavy atom. The number of benzene rings is 1. The summed E-state index contributed by atoms with van der Waals surface area (Å²) in [6.07, 6.45) is 1.03. The summed E-state index contributed by atoms with van der Waals surface area (Å²) in [6, 6.07) is 7.84. The fourth-order valence-electron chi connectivity index (χ4n) is 2.05. The third-order valence-corrected chi connectivity index (χ3v) is 3.52. The van der Waals surface area contributed by atoms with Gasteiger partial charge in [-0.15, -0.1) is 0 Å². The van der Waals surface area contributed by atoms with Gasteiger partial charge in [0.1, 0.15) is 5.75 Å². The van der Waals surface area contributed by atoms with Crippen LogP contribution < -0.4 is 4.74 Å². The molecule has 1 unspecified atom stereocenters. The van der Waals surface area contributed by atoms with Gasteiger partial charge >= 0.3 is 0 Å². The summed E-state index contributed by atoms with van der Waals surface area (Å²) in [5.41, 5.74) is 1.13. The van der Waals surface area contributed by atoms with Gasteiger partial charge in [-0.2, -0.15) is 0 Å². The molecule has 0 aliphatic rings. The minimum absolute atomic E-state index is 0.0152. The van der Waals surface area contributed by atoms with Crippen molar-refractivity contribution in [2.45, 2.75) is 33.1 Å². The number of carbonyl (C=O) groups excluding carboxylic acids is 1. The number of ether oxygens (including phenoxy) is 1. The maximum atomic E-state index is 12.0. The standard InChI is InChI=1S/C16H25NO3/c1-4-13(3)14-8-6-7-9-15(14)20-12-16(19)17(5-2)10-11-18/h6-9,13,18H,4-5,10-12H2,1-3H3. The molecule has 0 aromatic heterocycles. The molecule has 20 heavy (non-hydrogen) atoms. The van der Waals surface area contributed by atoms with E-state index in [2.05, 4.69) is 13.8 Å². The van der Waals surface area contributed by atoms with E-state index in [0.717, 1.165) is 17.7 Å². The van der Waals surface area contributed by atoms with Crippen LogP contribution in [0.1, 0.15) is 38.7 Å². The molecule has 1 amide bonds. The Labute approximate surface area is 121 Å². The average molecular weight is 279 g/mol. The van der Waals surface area contributed by atoms with Gasteiger partial charge in [-0.25, -0.2) is 0 Å². The van der Waals surface area contributed by atoms with Crippen LogP contribution in [0.4, 0.5) is 0 Å². The Balaban J connectivity index is 2.67. The normalized spacial score (nSPS) is 12.0. The van der Waals surface area contributed by atoms with Gasteiger partial charge in [0.15, 0.2) is 6.61 Å². The topological polar surface area (TPSA) is 49.8 Å². The van der Waals surface area contributed by atoms with Crippen LogP contribution >= 0.6 is 0 Å². The van der Waals surface area contributed by atoms with Crippen molar-refractivity contribution in [2.24, 2.45) is 0 Å². The van der Waals surface area contributed by atoms with E-state index in [1.165, 1.54) is 0 Å². The lowest BCUT2D eigenvalue weighted by Gasteiger charge is -2.21. The predicted molar refractivity (Wildman–Crippen MR) is 80.0 cm³/mol. The van der Waals surface area contributed by atoms with Crippen molar-refractivity contribution in [1.29, 1.82) is 0 Å². The molecule has 1 aromatic rings. The third kappa shape index (κ3) is 4.53. The molecule has 0 saturated heterocycles. The number of amides is 1. The van der Waals surface area contributed by atoms with E-state index in [4.69, 9.17) is 9.84 Å². The minimum Gasteiger partial charge on any atom is -0.483 e. The van der Waals surface area contributed by atoms with Crippen LogP contribution in [0.15, 0.2) is 24.3 Å². The van der Waals surface area contributed by atoms with Crippen LogP contribution in [0.5, 0.6) is 5.75 Å². The van der Waals surface area contributed by atoms with Crippen molar-refractivity contribution in [3.05, 3.63) is 29.8 Å². The van der Waals surface area contributed by atoms with E-state index in [9.17, 15) is 4.79 Å². The van der Waals surface area contributed by atoms with Crippen molar-refractivity contribution in [3.63, 3.8) is 0 Å². The SMILES string of the molecule is CCC(C)c1ccccc1OCC(=O)N(CC)CCO. The summed E-state index contributed by atoms with van der Waals surface area (Å²) in [7, 11) is 0. The molecule has 0 heterocycles. The molecule has 1 rings (SSSR count). The molecular formula is C16H25NO3. The van der Waals surface area contributed by atoms with Gasteiger partial charge in [0.2, 0.25) is 0 Å². The Bertz CT molecular complexity index is 420. The van der Waals surface area contributed by atoms with Crippen molar-refractivity contribution in [3.8, 4) is 5.75 Å². The van der Waals surface area contributed by atoms with Gasteiger partial charge < -0.3 is 14.7 Å². The third-order valence-electron chi connectivity index (χ3n) is 3.52. The number of hydrogen-bond donors (Lipinski definition) is 1. The molecule has 0 radical (unpaired) electrons. The summed E-state index contributed by atoms with van der Waals surface area (Å²) in [5, 5.41) is 8.92. The largest absolute Gasteiger partial charge is 0.483 e. The second kappa shape index (κ2) is 8.59. The van der Waals surface area contributed by atoms with Crippen molar-refractivity contribution >= 4 is 5.91 Å². The number of para-hydroxylation sites is 1. The number of likely N-dealkylation sites (N-methyl/N-ethyl adjacent to an activating group) is 1. The summed E-state index contributed by atoms with van der Waals surface area (Å²) >= 11 is 0. The van der Waals surface area contributed by atoms with Crippen LogP contribution in [0.3, 0.4) is 0 Å². The molecule has 1 aromatic carbocycles. The maximum Gasteiger partial charge on any atom is 0.260 e. The molecule has 1 atom stereocenters. The van der Waals surface area contributed by atoms with E-state index in [0.29, 0.717) is 19.0 Å². The van der Waals surface area contributed by atoms with Crippen LogP contribution in [-0.4, -0.2) is 42.2 Å². The highest BCUT2D eigenvalue weighted by Crippen LogP contribution is 2.28. The van der Waals surface area contributed by atoms with Crippen LogP contribution in [0.2, 0.25) is 0 Å². The lowest BCUT2D eigenvalue weighted by molar-refractivity contribution is -0.133. The molecule has 0 saturated carbocycles. The van der Waals surface area contributed by atoms with Crippen molar-refractivity contribution < 1.29 is 14.6 Å². The first-order chi connectivity index (χ1) is 9.63. The molecule has 0 aliphatic carbocycles. The second-order valence-electron chi connectivity index (χ2n) is 4.83. The first-order valence-electron chi connectivity index (χ1n) is 7.24. The molecule has 0 spiro atoms. The molecule has 0 bridgehead atoms. The maximum absolute atomic E-state index is 12.0. The highest BCUT2D eigenvalue weighted by molar-refractivity contribution is 5.77. The Kier molecular flexibility index (Phi) is 7.09. The van der Waals surface area contributed by atoms with E-state index in [1.54, 1.807) is 4.90 Å². The minimum atomic E-state index is -0.0968. The van der Waals surface area contributed by atoms with Gasteiger partial charge in [0.05, 0.1) is 6.61 Å². The number of hydrogen-bond acceptors (Lipinski definition) is 3. The molecule has 0 aliphatic heterocycles.